The maximum absolute atomic E-state index is 12.7. The zero-order chi connectivity index (χ0) is 19.9. The van der Waals surface area contributed by atoms with Crippen LogP contribution in [0.15, 0.2) is 18.2 Å². The highest BCUT2D eigenvalue weighted by atomic mass is 32.1. The lowest BCUT2D eigenvalue weighted by molar-refractivity contribution is 0.0524. The molecule has 0 aliphatic carbocycles. The van der Waals surface area contributed by atoms with Crippen molar-refractivity contribution in [1.29, 1.82) is 0 Å². The quantitative estimate of drug-likeness (QED) is 0.665. The summed E-state index contributed by atoms with van der Waals surface area (Å²) in [6.07, 6.45) is -1.34. The molecule has 0 saturated heterocycles. The monoisotopic (exact) mass is 380 g/mol. The van der Waals surface area contributed by atoms with Crippen LogP contribution in [0.5, 0.6) is 5.75 Å². The van der Waals surface area contributed by atoms with Crippen LogP contribution in [0, 0.1) is 4.77 Å². The fraction of sp³-hybridized carbons (Fsp3) is 0.500. The standard InChI is InChI=1S/C18H24N2O5S/c1-17(2,3)24-15(21)19-12-9-8-11(23-7)10-13(12)20(14(19)26)16(22)25-18(4,5)6/h8-10H,1-7H3. The molecule has 26 heavy (non-hydrogen) atoms. The molecule has 8 heteroatoms. The second-order valence-corrected chi connectivity index (χ2v) is 8.13. The van der Waals surface area contributed by atoms with Crippen LogP contribution < -0.4 is 4.74 Å². The summed E-state index contributed by atoms with van der Waals surface area (Å²) in [5.74, 6) is 0.520. The molecule has 0 bridgehead atoms. The Balaban J connectivity index is 2.71. The third-order valence-corrected chi connectivity index (χ3v) is 3.56. The van der Waals surface area contributed by atoms with E-state index in [9.17, 15) is 9.59 Å². The topological polar surface area (TPSA) is 71.7 Å². The minimum Gasteiger partial charge on any atom is -0.497 e. The van der Waals surface area contributed by atoms with Gasteiger partial charge in [-0.25, -0.2) is 18.7 Å². The molecule has 1 aromatic carbocycles. The van der Waals surface area contributed by atoms with E-state index in [-0.39, 0.29) is 4.77 Å². The van der Waals surface area contributed by atoms with Crippen LogP contribution in [0.3, 0.4) is 0 Å². The molecule has 7 nitrogen and oxygen atoms in total. The average Bonchev–Trinajstić information content (AvgIpc) is 2.74. The van der Waals surface area contributed by atoms with Crippen LogP contribution in [0.2, 0.25) is 0 Å². The molecule has 0 fully saturated rings. The van der Waals surface area contributed by atoms with Gasteiger partial charge in [0.1, 0.15) is 17.0 Å². The van der Waals surface area contributed by atoms with E-state index in [4.69, 9.17) is 26.4 Å². The number of aromatic nitrogens is 2. The first kappa shape index (κ1) is 20.0. The van der Waals surface area contributed by atoms with Gasteiger partial charge in [-0.1, -0.05) is 0 Å². The summed E-state index contributed by atoms with van der Waals surface area (Å²) >= 11 is 5.39. The molecule has 1 heterocycles. The van der Waals surface area contributed by atoms with E-state index in [2.05, 4.69) is 0 Å². The fourth-order valence-corrected chi connectivity index (χ4v) is 2.62. The van der Waals surface area contributed by atoms with Gasteiger partial charge in [0.15, 0.2) is 4.77 Å². The van der Waals surface area contributed by atoms with Crippen LogP contribution in [0.25, 0.3) is 11.0 Å². The van der Waals surface area contributed by atoms with E-state index in [0.29, 0.717) is 16.8 Å². The molecule has 0 saturated carbocycles. The lowest BCUT2D eigenvalue weighted by Crippen LogP contribution is -2.29. The Hall–Kier alpha value is -2.35. The van der Waals surface area contributed by atoms with Crippen LogP contribution in [0.4, 0.5) is 9.59 Å². The Morgan fingerprint density at radius 1 is 0.885 bits per heavy atom. The highest BCUT2D eigenvalue weighted by Gasteiger charge is 2.27. The number of carbonyl (C=O) groups is 2. The van der Waals surface area contributed by atoms with Gasteiger partial charge in [-0.15, -0.1) is 0 Å². The molecule has 2 rings (SSSR count). The molecule has 0 aliphatic heterocycles. The predicted molar refractivity (Wildman–Crippen MR) is 101 cm³/mol. The maximum atomic E-state index is 12.7. The average molecular weight is 380 g/mol. The Morgan fingerprint density at radius 3 is 1.77 bits per heavy atom. The second-order valence-electron chi connectivity index (χ2n) is 7.77. The highest BCUT2D eigenvalue weighted by Crippen LogP contribution is 2.25. The summed E-state index contributed by atoms with van der Waals surface area (Å²) in [6.45, 7) is 10.5. The van der Waals surface area contributed by atoms with Gasteiger partial charge < -0.3 is 14.2 Å². The van der Waals surface area contributed by atoms with Gasteiger partial charge in [-0.3, -0.25) is 0 Å². The highest BCUT2D eigenvalue weighted by molar-refractivity contribution is 7.71. The van der Waals surface area contributed by atoms with Gasteiger partial charge in [0.05, 0.1) is 18.1 Å². The van der Waals surface area contributed by atoms with E-state index < -0.39 is 23.4 Å². The third kappa shape index (κ3) is 4.24. The first-order valence-electron chi connectivity index (χ1n) is 8.12. The Bertz CT molecular complexity index is 913. The van der Waals surface area contributed by atoms with Crippen molar-refractivity contribution in [2.75, 3.05) is 7.11 Å². The number of hydrogen-bond acceptors (Lipinski definition) is 6. The number of carbonyl (C=O) groups excluding carboxylic acids is 2. The zero-order valence-electron chi connectivity index (χ0n) is 16.1. The molecule has 0 aliphatic rings. The lowest BCUT2D eigenvalue weighted by atomic mass is 10.2. The number of imidazole rings is 1. The minimum atomic E-state index is -0.717. The maximum Gasteiger partial charge on any atom is 0.421 e. The summed E-state index contributed by atoms with van der Waals surface area (Å²) in [7, 11) is 1.51. The molecular formula is C18H24N2O5S. The van der Waals surface area contributed by atoms with E-state index in [0.717, 1.165) is 0 Å². The fourth-order valence-electron chi connectivity index (χ4n) is 2.27. The van der Waals surface area contributed by atoms with Crippen molar-refractivity contribution in [1.82, 2.24) is 9.13 Å². The van der Waals surface area contributed by atoms with Crippen LogP contribution in [-0.4, -0.2) is 39.6 Å². The molecule has 0 spiro atoms. The van der Waals surface area contributed by atoms with Crippen molar-refractivity contribution in [3.05, 3.63) is 23.0 Å². The summed E-state index contributed by atoms with van der Waals surface area (Å²) < 4.78 is 18.4. The first-order chi connectivity index (χ1) is 11.8. The van der Waals surface area contributed by atoms with E-state index in [1.807, 2.05) is 0 Å². The van der Waals surface area contributed by atoms with Gasteiger partial charge in [0, 0.05) is 6.07 Å². The summed E-state index contributed by atoms with van der Waals surface area (Å²) in [4.78, 5) is 25.3. The van der Waals surface area contributed by atoms with Crippen molar-refractivity contribution in [3.63, 3.8) is 0 Å². The van der Waals surface area contributed by atoms with Crippen molar-refractivity contribution in [3.8, 4) is 5.75 Å². The number of benzene rings is 1. The minimum absolute atomic E-state index is 0.0308. The molecule has 0 unspecified atom stereocenters. The number of rotatable bonds is 1. The Morgan fingerprint density at radius 2 is 1.35 bits per heavy atom. The van der Waals surface area contributed by atoms with Gasteiger partial charge in [0.25, 0.3) is 0 Å². The molecule has 0 amide bonds. The molecule has 142 valence electrons. The Labute approximate surface area is 157 Å². The van der Waals surface area contributed by atoms with Crippen molar-refractivity contribution in [2.45, 2.75) is 52.7 Å². The molecule has 2 aromatic rings. The van der Waals surface area contributed by atoms with E-state index in [1.54, 1.807) is 59.7 Å². The number of ether oxygens (including phenoxy) is 3. The molecular weight excluding hydrogens is 356 g/mol. The van der Waals surface area contributed by atoms with Gasteiger partial charge in [-0.2, -0.15) is 0 Å². The summed E-state index contributed by atoms with van der Waals surface area (Å²) in [5, 5.41) is 0. The van der Waals surface area contributed by atoms with Gasteiger partial charge in [0.2, 0.25) is 0 Å². The number of nitrogens with zero attached hydrogens (tertiary/aromatic N) is 2. The lowest BCUT2D eigenvalue weighted by Gasteiger charge is -2.20. The molecule has 0 atom stereocenters. The third-order valence-electron chi connectivity index (χ3n) is 3.20. The summed E-state index contributed by atoms with van der Waals surface area (Å²) in [5.41, 5.74) is -0.602. The van der Waals surface area contributed by atoms with Gasteiger partial charge in [-0.05, 0) is 65.9 Å². The number of hydrogen-bond donors (Lipinski definition) is 0. The Kier molecular flexibility index (Phi) is 5.19. The van der Waals surface area contributed by atoms with Crippen molar-refractivity contribution >= 4 is 35.4 Å². The second kappa shape index (κ2) is 6.75. The molecule has 0 radical (unpaired) electrons. The van der Waals surface area contributed by atoms with Crippen LogP contribution in [0.1, 0.15) is 41.5 Å². The smallest absolute Gasteiger partial charge is 0.421 e. The van der Waals surface area contributed by atoms with Crippen molar-refractivity contribution in [2.24, 2.45) is 0 Å². The summed E-state index contributed by atoms with van der Waals surface area (Å²) in [6, 6.07) is 4.95. The zero-order valence-corrected chi connectivity index (χ0v) is 16.9. The van der Waals surface area contributed by atoms with Crippen molar-refractivity contribution < 1.29 is 23.8 Å². The van der Waals surface area contributed by atoms with Crippen LogP contribution >= 0.6 is 12.2 Å². The van der Waals surface area contributed by atoms with Gasteiger partial charge >= 0.3 is 12.2 Å². The predicted octanol–water partition coefficient (Wildman–Crippen LogP) is 4.75. The number of fused-ring (bicyclic) bond motifs is 1. The van der Waals surface area contributed by atoms with E-state index in [1.165, 1.54) is 16.2 Å². The largest absolute Gasteiger partial charge is 0.497 e. The first-order valence-corrected chi connectivity index (χ1v) is 8.53. The molecule has 1 aromatic heterocycles. The normalized spacial score (nSPS) is 12.1. The number of methoxy groups -OCH3 is 1. The van der Waals surface area contributed by atoms with Crippen LogP contribution in [-0.2, 0) is 9.47 Å². The van der Waals surface area contributed by atoms with E-state index >= 15 is 0 Å². The molecule has 0 N–H and O–H groups in total. The SMILES string of the molecule is COc1ccc2c(c1)n(C(=O)OC(C)(C)C)c(=S)n2C(=O)OC(C)(C)C.